The minimum absolute atomic E-state index is 0.0308. The summed E-state index contributed by atoms with van der Waals surface area (Å²) in [6.45, 7) is 6.58. The van der Waals surface area contributed by atoms with Crippen LogP contribution >= 0.6 is 0 Å². The number of carbonyl (C=O) groups is 1. The third kappa shape index (κ3) is 4.77. The van der Waals surface area contributed by atoms with Crippen LogP contribution in [-0.4, -0.2) is 28.7 Å². The molecule has 5 nitrogen and oxygen atoms in total. The van der Waals surface area contributed by atoms with Gasteiger partial charge < -0.3 is 15.8 Å². The highest BCUT2D eigenvalue weighted by molar-refractivity contribution is 5.93. The second-order valence-electron chi connectivity index (χ2n) is 8.16. The van der Waals surface area contributed by atoms with Gasteiger partial charge in [-0.1, -0.05) is 6.58 Å². The summed E-state index contributed by atoms with van der Waals surface area (Å²) in [5, 5.41) is 2.96. The van der Waals surface area contributed by atoms with E-state index in [1.807, 2.05) is 6.92 Å². The maximum Gasteiger partial charge on any atom is 0.425 e. The molecule has 0 aromatic carbocycles. The molecule has 2 fully saturated rings. The van der Waals surface area contributed by atoms with Crippen molar-refractivity contribution in [2.24, 2.45) is 11.7 Å². The summed E-state index contributed by atoms with van der Waals surface area (Å²) in [7, 11) is 0. The second kappa shape index (κ2) is 7.29. The molecule has 0 aliphatic heterocycles. The van der Waals surface area contributed by atoms with Crippen molar-refractivity contribution >= 4 is 5.91 Å². The number of nitrogens with zero attached hydrogens (tertiary/aromatic N) is 1. The quantitative estimate of drug-likeness (QED) is 0.694. The molecule has 2 atom stereocenters. The summed E-state index contributed by atoms with van der Waals surface area (Å²) in [5.74, 6) is 0.0483. The highest BCUT2D eigenvalue weighted by atomic mass is 19.4. The molecule has 0 bridgehead atoms. The van der Waals surface area contributed by atoms with Crippen LogP contribution in [0.3, 0.4) is 0 Å². The molecule has 1 amide bonds. The number of nitrogens with two attached hydrogens (primary N) is 1. The average molecular weight is 397 g/mol. The highest BCUT2D eigenvalue weighted by Gasteiger charge is 2.43. The van der Waals surface area contributed by atoms with Crippen molar-refractivity contribution in [1.29, 1.82) is 0 Å². The fraction of sp³-hybridized carbons (Fsp3) is 0.600. The zero-order chi connectivity index (χ0) is 20.7. The molecule has 8 heteroatoms. The molecule has 154 valence electrons. The number of carbonyl (C=O) groups excluding carboxylic acids is 1. The first-order chi connectivity index (χ1) is 13.0. The van der Waals surface area contributed by atoms with Crippen LogP contribution in [0.1, 0.15) is 67.9 Å². The lowest BCUT2D eigenvalue weighted by atomic mass is 9.90. The molecule has 28 heavy (non-hydrogen) atoms. The molecule has 0 spiro atoms. The number of amides is 1. The number of hydrogen-bond acceptors (Lipinski definition) is 4. The van der Waals surface area contributed by atoms with Gasteiger partial charge in [-0.3, -0.25) is 9.78 Å². The Bertz CT molecular complexity index is 772. The monoisotopic (exact) mass is 397 g/mol. The number of nitrogens with one attached hydrogen (secondary N) is 1. The van der Waals surface area contributed by atoms with Gasteiger partial charge in [0.1, 0.15) is 11.4 Å². The van der Waals surface area contributed by atoms with Crippen LogP contribution in [-0.2, 0) is 0 Å². The van der Waals surface area contributed by atoms with Gasteiger partial charge in [0.25, 0.3) is 5.91 Å². The van der Waals surface area contributed by atoms with Gasteiger partial charge in [0, 0.05) is 35.5 Å². The number of alkyl halides is 3. The van der Waals surface area contributed by atoms with Crippen LogP contribution in [0.4, 0.5) is 13.2 Å². The number of ether oxygens (including phenoxy) is 1. The molecule has 0 saturated heterocycles. The van der Waals surface area contributed by atoms with E-state index in [1.54, 1.807) is 0 Å². The first-order valence-corrected chi connectivity index (χ1v) is 9.48. The van der Waals surface area contributed by atoms with Gasteiger partial charge in [-0.05, 0) is 51.4 Å². The van der Waals surface area contributed by atoms with E-state index in [0.717, 1.165) is 32.6 Å². The molecule has 1 unspecified atom stereocenters. The Kier molecular flexibility index (Phi) is 5.34. The van der Waals surface area contributed by atoms with Gasteiger partial charge in [-0.2, -0.15) is 13.2 Å². The SMILES string of the molecule is C=C(N)CC(C)(NC(=O)c1cc(O[C@@H](C)C(F)(F)F)c(C2CC2)cn1)C1CC1. The molecule has 3 rings (SSSR count). The summed E-state index contributed by atoms with van der Waals surface area (Å²) in [5.41, 5.74) is 6.31. The summed E-state index contributed by atoms with van der Waals surface area (Å²) >= 11 is 0. The zero-order valence-electron chi connectivity index (χ0n) is 16.1. The maximum atomic E-state index is 12.9. The Morgan fingerprint density at radius 1 is 1.39 bits per heavy atom. The molecule has 2 saturated carbocycles. The number of hydrogen-bond donors (Lipinski definition) is 2. The van der Waals surface area contributed by atoms with E-state index in [9.17, 15) is 18.0 Å². The van der Waals surface area contributed by atoms with Crippen molar-refractivity contribution in [3.05, 3.63) is 35.8 Å². The molecular weight excluding hydrogens is 371 g/mol. The Morgan fingerprint density at radius 3 is 2.54 bits per heavy atom. The smallest absolute Gasteiger partial charge is 0.425 e. The van der Waals surface area contributed by atoms with E-state index in [2.05, 4.69) is 16.9 Å². The van der Waals surface area contributed by atoms with E-state index < -0.39 is 23.7 Å². The van der Waals surface area contributed by atoms with Crippen LogP contribution in [0.2, 0.25) is 0 Å². The molecule has 2 aliphatic carbocycles. The summed E-state index contributed by atoms with van der Waals surface area (Å²) in [6, 6.07) is 1.32. The Labute approximate surface area is 162 Å². The van der Waals surface area contributed by atoms with E-state index in [-0.39, 0.29) is 17.4 Å². The molecule has 2 aliphatic rings. The fourth-order valence-electron chi connectivity index (χ4n) is 3.44. The van der Waals surface area contributed by atoms with Gasteiger partial charge >= 0.3 is 6.18 Å². The van der Waals surface area contributed by atoms with Crippen LogP contribution in [0.25, 0.3) is 0 Å². The summed E-state index contributed by atoms with van der Waals surface area (Å²) < 4.78 is 44.0. The van der Waals surface area contributed by atoms with E-state index in [1.165, 1.54) is 12.3 Å². The predicted molar refractivity (Wildman–Crippen MR) is 98.9 cm³/mol. The molecule has 1 aromatic heterocycles. The van der Waals surface area contributed by atoms with Gasteiger partial charge in [-0.25, -0.2) is 0 Å². The standard InChI is InChI=1S/C20H26F3N3O2/c1-11(24)9-19(3,14-6-7-14)26-18(27)16-8-17(28-12(2)20(21,22)23)15(10-25-16)13-4-5-13/h8,10,12-14H,1,4-7,9,24H2,2-3H3,(H,26,27)/t12-,19?/m0/s1. The van der Waals surface area contributed by atoms with Gasteiger partial charge in [-0.15, -0.1) is 0 Å². The van der Waals surface area contributed by atoms with E-state index in [4.69, 9.17) is 10.5 Å². The van der Waals surface area contributed by atoms with Crippen LogP contribution in [0.5, 0.6) is 5.75 Å². The fourth-order valence-corrected chi connectivity index (χ4v) is 3.44. The first-order valence-electron chi connectivity index (χ1n) is 9.48. The van der Waals surface area contributed by atoms with Gasteiger partial charge in [0.15, 0.2) is 6.10 Å². The normalized spacial score (nSPS) is 20.2. The van der Waals surface area contributed by atoms with Crippen molar-refractivity contribution in [3.8, 4) is 5.75 Å². The Morgan fingerprint density at radius 2 is 2.04 bits per heavy atom. The van der Waals surface area contributed by atoms with E-state index in [0.29, 0.717) is 23.6 Å². The molecular formula is C20H26F3N3O2. The van der Waals surface area contributed by atoms with Crippen LogP contribution in [0, 0.1) is 5.92 Å². The van der Waals surface area contributed by atoms with Crippen molar-refractivity contribution in [2.75, 3.05) is 0 Å². The second-order valence-corrected chi connectivity index (χ2v) is 8.16. The minimum Gasteiger partial charge on any atom is -0.481 e. The molecule has 1 aromatic rings. The maximum absolute atomic E-state index is 12.9. The third-order valence-electron chi connectivity index (χ3n) is 5.38. The number of pyridine rings is 1. The minimum atomic E-state index is -4.49. The summed E-state index contributed by atoms with van der Waals surface area (Å²) in [4.78, 5) is 17.0. The van der Waals surface area contributed by atoms with Crippen molar-refractivity contribution < 1.29 is 22.7 Å². The van der Waals surface area contributed by atoms with E-state index >= 15 is 0 Å². The third-order valence-corrected chi connectivity index (χ3v) is 5.38. The molecule has 3 N–H and O–H groups in total. The Balaban J connectivity index is 1.82. The van der Waals surface area contributed by atoms with Gasteiger partial charge in [0.2, 0.25) is 0 Å². The highest BCUT2D eigenvalue weighted by Crippen LogP contribution is 2.45. The molecule has 0 radical (unpaired) electrons. The molecule has 1 heterocycles. The number of rotatable bonds is 8. The Hall–Kier alpha value is -2.25. The largest absolute Gasteiger partial charge is 0.481 e. The predicted octanol–water partition coefficient (Wildman–Crippen LogP) is 4.05. The van der Waals surface area contributed by atoms with Crippen molar-refractivity contribution in [3.63, 3.8) is 0 Å². The topological polar surface area (TPSA) is 77.2 Å². The van der Waals surface area contributed by atoms with Gasteiger partial charge in [0.05, 0.1) is 0 Å². The van der Waals surface area contributed by atoms with Crippen LogP contribution in [0.15, 0.2) is 24.5 Å². The lowest BCUT2D eigenvalue weighted by molar-refractivity contribution is -0.189. The van der Waals surface area contributed by atoms with Crippen molar-refractivity contribution in [1.82, 2.24) is 10.3 Å². The summed E-state index contributed by atoms with van der Waals surface area (Å²) in [6.07, 6.45) is -0.853. The number of halogens is 3. The lowest BCUT2D eigenvalue weighted by Gasteiger charge is -2.31. The first kappa shape index (κ1) is 20.5. The van der Waals surface area contributed by atoms with Crippen LogP contribution < -0.4 is 15.8 Å². The average Bonchev–Trinajstić information content (AvgIpc) is 3.46. The van der Waals surface area contributed by atoms with Crippen molar-refractivity contribution in [2.45, 2.75) is 69.7 Å². The lowest BCUT2D eigenvalue weighted by Crippen LogP contribution is -2.48. The zero-order valence-corrected chi connectivity index (χ0v) is 16.1. The number of aromatic nitrogens is 1.